The van der Waals surface area contributed by atoms with Crippen LogP contribution in [0.4, 0.5) is 0 Å². The summed E-state index contributed by atoms with van der Waals surface area (Å²) in [5.41, 5.74) is 3.52. The van der Waals surface area contributed by atoms with Gasteiger partial charge in [-0.05, 0) is 43.1 Å². The van der Waals surface area contributed by atoms with Crippen LogP contribution in [0.3, 0.4) is 0 Å². The Balaban J connectivity index is 1.83. The van der Waals surface area contributed by atoms with Crippen molar-refractivity contribution in [2.24, 2.45) is 0 Å². The number of rotatable bonds is 1. The maximum atomic E-state index is 12.6. The standard InChI is InChI=1S/C15H20N2OS/c1-11-10-19-7-6-17(11)15(18)13-3-2-12-4-5-16-9-14(12)8-13/h2-3,8,11,16H,4-7,9-10H2,1H3. The molecule has 102 valence electrons. The quantitative estimate of drug-likeness (QED) is 0.850. The van der Waals surface area contributed by atoms with E-state index in [9.17, 15) is 4.79 Å². The van der Waals surface area contributed by atoms with Crippen molar-refractivity contribution in [3.05, 3.63) is 34.9 Å². The van der Waals surface area contributed by atoms with Gasteiger partial charge in [0.2, 0.25) is 0 Å². The summed E-state index contributed by atoms with van der Waals surface area (Å²) in [5, 5.41) is 3.37. The van der Waals surface area contributed by atoms with Crippen molar-refractivity contribution < 1.29 is 4.79 Å². The van der Waals surface area contributed by atoms with E-state index in [0.717, 1.165) is 43.1 Å². The second-order valence-electron chi connectivity index (χ2n) is 5.33. The Morgan fingerprint density at radius 2 is 2.32 bits per heavy atom. The van der Waals surface area contributed by atoms with Gasteiger partial charge in [0.25, 0.3) is 5.91 Å². The summed E-state index contributed by atoms with van der Waals surface area (Å²) in [7, 11) is 0. The summed E-state index contributed by atoms with van der Waals surface area (Å²) in [5.74, 6) is 2.31. The number of thioether (sulfide) groups is 1. The molecule has 0 radical (unpaired) electrons. The summed E-state index contributed by atoms with van der Waals surface area (Å²) in [6.07, 6.45) is 1.07. The van der Waals surface area contributed by atoms with Crippen LogP contribution in [0, 0.1) is 0 Å². The van der Waals surface area contributed by atoms with Crippen LogP contribution < -0.4 is 5.32 Å². The highest BCUT2D eigenvalue weighted by Gasteiger charge is 2.25. The van der Waals surface area contributed by atoms with Crippen molar-refractivity contribution in [1.29, 1.82) is 0 Å². The molecule has 2 aliphatic heterocycles. The second kappa shape index (κ2) is 5.55. The number of amides is 1. The molecular weight excluding hydrogens is 256 g/mol. The average Bonchev–Trinajstić information content (AvgIpc) is 2.46. The van der Waals surface area contributed by atoms with E-state index in [1.807, 2.05) is 22.7 Å². The summed E-state index contributed by atoms with van der Waals surface area (Å²) in [6, 6.07) is 6.56. The van der Waals surface area contributed by atoms with Crippen LogP contribution in [0.15, 0.2) is 18.2 Å². The SMILES string of the molecule is CC1CSCCN1C(=O)c1ccc2c(c1)CNCC2. The molecule has 1 saturated heterocycles. The number of benzene rings is 1. The lowest BCUT2D eigenvalue weighted by atomic mass is 9.98. The molecule has 1 amide bonds. The van der Waals surface area contributed by atoms with Gasteiger partial charge in [-0.15, -0.1) is 0 Å². The van der Waals surface area contributed by atoms with E-state index >= 15 is 0 Å². The molecule has 0 saturated carbocycles. The Kier molecular flexibility index (Phi) is 3.80. The van der Waals surface area contributed by atoms with Crippen LogP contribution in [-0.2, 0) is 13.0 Å². The van der Waals surface area contributed by atoms with Gasteiger partial charge in [0.15, 0.2) is 0 Å². The molecule has 1 aromatic carbocycles. The first-order valence-electron chi connectivity index (χ1n) is 6.97. The molecule has 1 unspecified atom stereocenters. The molecular formula is C15H20N2OS. The van der Waals surface area contributed by atoms with Crippen molar-refractivity contribution in [3.63, 3.8) is 0 Å². The van der Waals surface area contributed by atoms with Crippen LogP contribution in [0.5, 0.6) is 0 Å². The number of hydrogen-bond acceptors (Lipinski definition) is 3. The first kappa shape index (κ1) is 13.0. The fourth-order valence-electron chi connectivity index (χ4n) is 2.81. The Labute approximate surface area is 118 Å². The van der Waals surface area contributed by atoms with Crippen molar-refractivity contribution in [2.45, 2.75) is 25.9 Å². The first-order chi connectivity index (χ1) is 9.25. The Morgan fingerprint density at radius 3 is 3.16 bits per heavy atom. The third kappa shape index (κ3) is 2.65. The van der Waals surface area contributed by atoms with Crippen molar-refractivity contribution in [2.75, 3.05) is 24.6 Å². The van der Waals surface area contributed by atoms with Crippen molar-refractivity contribution >= 4 is 17.7 Å². The molecule has 3 rings (SSSR count). The number of nitrogens with zero attached hydrogens (tertiary/aromatic N) is 1. The molecule has 0 bridgehead atoms. The molecule has 4 heteroatoms. The van der Waals surface area contributed by atoms with Gasteiger partial charge in [-0.3, -0.25) is 4.79 Å². The molecule has 1 atom stereocenters. The molecule has 2 aliphatic rings. The number of carbonyl (C=O) groups excluding carboxylic acids is 1. The average molecular weight is 276 g/mol. The largest absolute Gasteiger partial charge is 0.334 e. The second-order valence-corrected chi connectivity index (χ2v) is 6.48. The van der Waals surface area contributed by atoms with E-state index in [1.165, 1.54) is 11.1 Å². The molecule has 0 aliphatic carbocycles. The highest BCUT2D eigenvalue weighted by molar-refractivity contribution is 7.99. The van der Waals surface area contributed by atoms with Gasteiger partial charge in [0, 0.05) is 36.2 Å². The van der Waals surface area contributed by atoms with Crippen LogP contribution in [0.2, 0.25) is 0 Å². The van der Waals surface area contributed by atoms with Crippen molar-refractivity contribution in [1.82, 2.24) is 10.2 Å². The number of fused-ring (bicyclic) bond motifs is 1. The third-order valence-electron chi connectivity index (χ3n) is 3.97. The van der Waals surface area contributed by atoms with E-state index in [-0.39, 0.29) is 5.91 Å². The predicted octanol–water partition coefficient (Wildman–Crippen LogP) is 1.91. The number of carbonyl (C=O) groups is 1. The van der Waals surface area contributed by atoms with E-state index in [1.54, 1.807) is 0 Å². The maximum absolute atomic E-state index is 12.6. The van der Waals surface area contributed by atoms with E-state index in [0.29, 0.717) is 6.04 Å². The van der Waals surface area contributed by atoms with Crippen molar-refractivity contribution in [3.8, 4) is 0 Å². The lowest BCUT2D eigenvalue weighted by molar-refractivity contribution is 0.0716. The lowest BCUT2D eigenvalue weighted by Gasteiger charge is -2.33. The third-order valence-corrected chi connectivity index (χ3v) is 5.16. The minimum absolute atomic E-state index is 0.196. The zero-order valence-electron chi connectivity index (χ0n) is 11.3. The molecule has 1 fully saturated rings. The fraction of sp³-hybridized carbons (Fsp3) is 0.533. The van der Waals surface area contributed by atoms with Gasteiger partial charge < -0.3 is 10.2 Å². The maximum Gasteiger partial charge on any atom is 0.254 e. The minimum Gasteiger partial charge on any atom is -0.334 e. The topological polar surface area (TPSA) is 32.3 Å². The van der Waals surface area contributed by atoms with E-state index < -0.39 is 0 Å². The van der Waals surface area contributed by atoms with Crippen LogP contribution in [0.25, 0.3) is 0 Å². The first-order valence-corrected chi connectivity index (χ1v) is 8.12. The highest BCUT2D eigenvalue weighted by Crippen LogP contribution is 2.21. The predicted molar refractivity (Wildman–Crippen MR) is 79.7 cm³/mol. The van der Waals surface area contributed by atoms with Gasteiger partial charge in [-0.25, -0.2) is 0 Å². The number of hydrogen-bond donors (Lipinski definition) is 1. The Morgan fingerprint density at radius 1 is 1.42 bits per heavy atom. The lowest BCUT2D eigenvalue weighted by Crippen LogP contribution is -2.44. The number of nitrogens with one attached hydrogen (secondary N) is 1. The Bertz CT molecular complexity index is 489. The molecule has 1 aromatic rings. The zero-order chi connectivity index (χ0) is 13.2. The molecule has 3 nitrogen and oxygen atoms in total. The van der Waals surface area contributed by atoms with E-state index in [4.69, 9.17) is 0 Å². The van der Waals surface area contributed by atoms with Crippen LogP contribution in [0.1, 0.15) is 28.4 Å². The molecule has 1 N–H and O–H groups in total. The zero-order valence-corrected chi connectivity index (χ0v) is 12.1. The summed E-state index contributed by atoms with van der Waals surface area (Å²) < 4.78 is 0. The molecule has 0 aromatic heterocycles. The van der Waals surface area contributed by atoms with Gasteiger partial charge >= 0.3 is 0 Å². The molecule has 19 heavy (non-hydrogen) atoms. The molecule has 0 spiro atoms. The highest BCUT2D eigenvalue weighted by atomic mass is 32.2. The Hall–Kier alpha value is -1.00. The normalized spacial score (nSPS) is 23.0. The van der Waals surface area contributed by atoms with Gasteiger partial charge in [-0.2, -0.15) is 11.8 Å². The molecule has 2 heterocycles. The fourth-order valence-corrected chi connectivity index (χ4v) is 3.82. The minimum atomic E-state index is 0.196. The van der Waals surface area contributed by atoms with Gasteiger partial charge in [-0.1, -0.05) is 6.07 Å². The van der Waals surface area contributed by atoms with E-state index in [2.05, 4.69) is 24.4 Å². The van der Waals surface area contributed by atoms with Crippen LogP contribution >= 0.6 is 11.8 Å². The van der Waals surface area contributed by atoms with Gasteiger partial charge in [0.05, 0.1) is 0 Å². The summed E-state index contributed by atoms with van der Waals surface area (Å²) in [6.45, 7) is 4.95. The monoisotopic (exact) mass is 276 g/mol. The summed E-state index contributed by atoms with van der Waals surface area (Å²) >= 11 is 1.94. The summed E-state index contributed by atoms with van der Waals surface area (Å²) in [4.78, 5) is 14.6. The van der Waals surface area contributed by atoms with Gasteiger partial charge in [0.1, 0.15) is 0 Å². The van der Waals surface area contributed by atoms with Crippen LogP contribution in [-0.4, -0.2) is 41.4 Å². The smallest absolute Gasteiger partial charge is 0.254 e.